The van der Waals surface area contributed by atoms with Crippen molar-refractivity contribution in [2.45, 2.75) is 104 Å². The maximum absolute atomic E-state index is 13.8. The highest BCUT2D eigenvalue weighted by Gasteiger charge is 2.40. The third-order valence-corrected chi connectivity index (χ3v) is 13.0. The molecule has 12 heteroatoms. The van der Waals surface area contributed by atoms with Crippen molar-refractivity contribution in [2.75, 3.05) is 17.6 Å². The second-order valence-electron chi connectivity index (χ2n) is 13.9. The first-order valence-electron chi connectivity index (χ1n) is 14.6. The lowest BCUT2D eigenvalue weighted by atomic mass is 9.97. The lowest BCUT2D eigenvalue weighted by Crippen LogP contribution is -2.45. The molecule has 0 bridgehead atoms. The Morgan fingerprint density at radius 2 is 1.59 bits per heavy atom. The number of ketones is 1. The summed E-state index contributed by atoms with van der Waals surface area (Å²) in [6, 6.07) is 5.64. The van der Waals surface area contributed by atoms with Crippen molar-refractivity contribution in [3.05, 3.63) is 47.4 Å². The molecule has 0 unspecified atom stereocenters. The van der Waals surface area contributed by atoms with Crippen molar-refractivity contribution >= 4 is 42.1 Å². The average Bonchev–Trinajstić information content (AvgIpc) is 2.84. The van der Waals surface area contributed by atoms with E-state index < -0.39 is 41.8 Å². The fourth-order valence-corrected chi connectivity index (χ4v) is 5.71. The van der Waals surface area contributed by atoms with E-state index in [0.29, 0.717) is 22.5 Å². The van der Waals surface area contributed by atoms with E-state index in [1.54, 1.807) is 26.8 Å². The van der Waals surface area contributed by atoms with Crippen LogP contribution in [-0.2, 0) is 28.8 Å². The number of hydrogen-bond acceptors (Lipinski definition) is 8. The van der Waals surface area contributed by atoms with Gasteiger partial charge in [0, 0.05) is 24.6 Å². The molecule has 1 heterocycles. The Hall–Kier alpha value is -2.96. The molecule has 0 aliphatic carbocycles. The van der Waals surface area contributed by atoms with Gasteiger partial charge in [-0.25, -0.2) is 27.1 Å². The van der Waals surface area contributed by atoms with Gasteiger partial charge < -0.3 is 9.16 Å². The first-order chi connectivity index (χ1) is 19.9. The Morgan fingerprint density at radius 1 is 1.02 bits per heavy atom. The molecule has 2 aromatic rings. The number of anilines is 1. The average molecular weight is 650 g/mol. The minimum absolute atomic E-state index is 0.0424. The number of halogens is 1. The van der Waals surface area contributed by atoms with Gasteiger partial charge in [-0.3, -0.25) is 9.59 Å². The Balaban J connectivity index is 2.58. The first kappa shape index (κ1) is 37.2. The number of ether oxygens (including phenoxy) is 1. The topological polar surface area (TPSA) is 116 Å². The van der Waals surface area contributed by atoms with Crippen LogP contribution in [0.4, 0.5) is 10.3 Å². The largest absolute Gasteiger partial charge is 0.460 e. The lowest BCUT2D eigenvalue weighted by molar-refractivity contribution is -0.156. The Bertz CT molecular complexity index is 1480. The molecule has 1 atom stereocenters. The van der Waals surface area contributed by atoms with Crippen molar-refractivity contribution < 1.29 is 31.6 Å². The smallest absolute Gasteiger partial charge is 0.308 e. The van der Waals surface area contributed by atoms with E-state index in [-0.39, 0.29) is 35.5 Å². The zero-order chi connectivity index (χ0) is 33.8. The van der Waals surface area contributed by atoms with E-state index in [1.165, 1.54) is 37.4 Å². The van der Waals surface area contributed by atoms with E-state index in [4.69, 9.17) is 9.16 Å². The maximum atomic E-state index is 13.8. The number of esters is 1. The number of aromatic nitrogens is 2. The van der Waals surface area contributed by atoms with E-state index in [0.717, 1.165) is 10.6 Å². The summed E-state index contributed by atoms with van der Waals surface area (Å²) in [7, 11) is -4.67. The molecule has 0 saturated heterocycles. The Kier molecular flexibility index (Phi) is 11.8. The zero-order valence-corrected chi connectivity index (χ0v) is 29.9. The molecule has 1 aromatic heterocycles. The molecule has 2 rings (SSSR count). The summed E-state index contributed by atoms with van der Waals surface area (Å²) in [6.07, 6.45) is 3.23. The molecule has 0 fully saturated rings. The lowest BCUT2D eigenvalue weighted by Gasteiger charge is -2.39. The highest BCUT2D eigenvalue weighted by Crippen LogP contribution is 2.38. The van der Waals surface area contributed by atoms with Gasteiger partial charge in [0.05, 0.1) is 30.2 Å². The predicted octanol–water partition coefficient (Wildman–Crippen LogP) is 6.90. The summed E-state index contributed by atoms with van der Waals surface area (Å²) < 4.78 is 51.4. The molecule has 9 nitrogen and oxygen atoms in total. The van der Waals surface area contributed by atoms with Gasteiger partial charge in [-0.1, -0.05) is 34.6 Å². The summed E-state index contributed by atoms with van der Waals surface area (Å²) in [5.41, 5.74) is 1.21. The summed E-state index contributed by atoms with van der Waals surface area (Å²) in [5.74, 6) is -1.39. The molecule has 0 saturated carbocycles. The van der Waals surface area contributed by atoms with Crippen molar-refractivity contribution in [1.29, 1.82) is 0 Å². The van der Waals surface area contributed by atoms with E-state index >= 15 is 0 Å². The number of carbonyl (C=O) groups is 2. The number of hydrogen-bond donors (Lipinski definition) is 0. The normalized spacial score (nSPS) is 13.8. The van der Waals surface area contributed by atoms with Crippen LogP contribution in [0.5, 0.6) is 0 Å². The molecule has 0 aliphatic heterocycles. The Morgan fingerprint density at radius 3 is 2.07 bits per heavy atom. The molecule has 0 spiro atoms. The van der Waals surface area contributed by atoms with Gasteiger partial charge in [-0.2, -0.15) is 0 Å². The molecule has 44 heavy (non-hydrogen) atoms. The molecule has 0 N–H and O–H groups in total. The SMILES string of the molecule is CC(C)c1nc(N(C)S(C)(=O)=O)nc(-c2ccc(F)cc2)c1/C=C/C(=O)C[C@H](CC(=O)OC(C)(C)C)O[Si](C)(C)C(C)(C)C. The van der Waals surface area contributed by atoms with Gasteiger partial charge in [0.1, 0.15) is 11.4 Å². The van der Waals surface area contributed by atoms with Gasteiger partial charge in [0.2, 0.25) is 16.0 Å². The van der Waals surface area contributed by atoms with Gasteiger partial charge in [0.25, 0.3) is 0 Å². The number of carbonyl (C=O) groups excluding carboxylic acids is 2. The second-order valence-corrected chi connectivity index (χ2v) is 20.6. The van der Waals surface area contributed by atoms with Crippen molar-refractivity contribution in [2.24, 2.45) is 0 Å². The van der Waals surface area contributed by atoms with Gasteiger partial charge in [-0.05, 0) is 81.2 Å². The number of allylic oxidation sites excluding steroid dienone is 1. The molecule has 244 valence electrons. The van der Waals surface area contributed by atoms with Crippen LogP contribution in [0, 0.1) is 5.82 Å². The summed E-state index contributed by atoms with van der Waals surface area (Å²) in [4.78, 5) is 35.3. The van der Waals surface area contributed by atoms with Crippen LogP contribution >= 0.6 is 0 Å². The fraction of sp³-hybridized carbons (Fsp3) is 0.562. The molecule has 1 aromatic carbocycles. The summed E-state index contributed by atoms with van der Waals surface area (Å²) in [6.45, 7) is 19.5. The second kappa shape index (κ2) is 14.0. The van der Waals surface area contributed by atoms with Crippen LogP contribution in [0.15, 0.2) is 30.3 Å². The third-order valence-electron chi connectivity index (χ3n) is 7.35. The minimum atomic E-state index is -3.68. The molecular formula is C32H48FN3O6SSi. The van der Waals surface area contributed by atoms with Crippen molar-refractivity contribution in [3.63, 3.8) is 0 Å². The Labute approximate surface area is 263 Å². The quantitative estimate of drug-likeness (QED) is 0.139. The van der Waals surface area contributed by atoms with Gasteiger partial charge in [0.15, 0.2) is 14.1 Å². The monoisotopic (exact) mass is 649 g/mol. The number of rotatable bonds is 12. The maximum Gasteiger partial charge on any atom is 0.308 e. The molecule has 0 radical (unpaired) electrons. The van der Waals surface area contributed by atoms with E-state index in [2.05, 4.69) is 43.8 Å². The molecule has 0 aliphatic rings. The van der Waals surface area contributed by atoms with E-state index in [9.17, 15) is 22.4 Å². The summed E-state index contributed by atoms with van der Waals surface area (Å²) in [5, 5.41) is -0.146. The highest BCUT2D eigenvalue weighted by molar-refractivity contribution is 7.92. The van der Waals surface area contributed by atoms with Crippen LogP contribution in [0.1, 0.15) is 85.4 Å². The number of benzene rings is 1. The van der Waals surface area contributed by atoms with E-state index in [1.807, 2.05) is 13.8 Å². The first-order valence-corrected chi connectivity index (χ1v) is 19.4. The summed E-state index contributed by atoms with van der Waals surface area (Å²) >= 11 is 0. The molecule has 0 amide bonds. The number of sulfonamides is 1. The third kappa shape index (κ3) is 10.6. The van der Waals surface area contributed by atoms with Crippen LogP contribution < -0.4 is 4.31 Å². The fourth-order valence-electron chi connectivity index (χ4n) is 3.98. The predicted molar refractivity (Wildman–Crippen MR) is 176 cm³/mol. The van der Waals surface area contributed by atoms with Crippen LogP contribution in [-0.4, -0.2) is 63.5 Å². The number of nitrogens with zero attached hydrogens (tertiary/aromatic N) is 3. The van der Waals surface area contributed by atoms with Crippen molar-refractivity contribution in [1.82, 2.24) is 9.97 Å². The minimum Gasteiger partial charge on any atom is -0.460 e. The van der Waals surface area contributed by atoms with Crippen molar-refractivity contribution in [3.8, 4) is 11.3 Å². The van der Waals surface area contributed by atoms with Crippen LogP contribution in [0.2, 0.25) is 18.1 Å². The standard InChI is InChI=1S/C32H48FN3O6SSi/c1-21(2)28-26(29(22-13-15-23(33)16-14-22)35-30(34-28)36(9)43(10,39)40)18-17-24(37)19-25(20-27(38)41-31(3,4)5)42-44(11,12)32(6,7)8/h13-18,21,25H,19-20H2,1-12H3/b18-17+/t25-/m1/s1. The zero-order valence-electron chi connectivity index (χ0n) is 28.1. The van der Waals surface area contributed by atoms with Gasteiger partial charge >= 0.3 is 5.97 Å². The molecular weight excluding hydrogens is 602 g/mol. The van der Waals surface area contributed by atoms with Crippen LogP contribution in [0.25, 0.3) is 17.3 Å². The highest BCUT2D eigenvalue weighted by atomic mass is 32.2. The van der Waals surface area contributed by atoms with Gasteiger partial charge in [-0.15, -0.1) is 0 Å². The van der Waals surface area contributed by atoms with Crippen LogP contribution in [0.3, 0.4) is 0 Å².